The van der Waals surface area contributed by atoms with E-state index in [0.29, 0.717) is 0 Å². The number of amides is 2. The van der Waals surface area contributed by atoms with E-state index in [0.717, 1.165) is 0 Å². The quantitative estimate of drug-likeness (QED) is 0.313. The smallest absolute Gasteiger partial charge is 0.350 e. The number of hydrogen-bond donors (Lipinski definition) is 2. The molecule has 82 valence electrons. The van der Waals surface area contributed by atoms with Crippen molar-refractivity contribution in [1.82, 2.24) is 5.32 Å². The van der Waals surface area contributed by atoms with Crippen molar-refractivity contribution in [1.29, 1.82) is 5.26 Å². The molecule has 0 fully saturated rings. The molecule has 2 amide bonds. The Kier molecular flexibility index (Phi) is 5.90. The van der Waals surface area contributed by atoms with E-state index in [1.54, 1.807) is 13.0 Å². The molecule has 0 aromatic rings. The zero-order valence-corrected chi connectivity index (χ0v) is 8.80. The number of ether oxygens (including phenoxy) is 1. The minimum atomic E-state index is -0.900. The molecule has 0 saturated carbocycles. The van der Waals surface area contributed by atoms with Crippen LogP contribution < -0.4 is 11.1 Å². The van der Waals surface area contributed by atoms with Crippen molar-refractivity contribution in [2.24, 2.45) is 5.73 Å². The van der Waals surface area contributed by atoms with Crippen LogP contribution >= 0.6 is 11.6 Å². The summed E-state index contributed by atoms with van der Waals surface area (Å²) in [5.41, 5.74) is 4.41. The molecular weight excluding hydrogens is 222 g/mol. The van der Waals surface area contributed by atoms with E-state index in [2.05, 4.69) is 10.1 Å². The molecule has 0 radical (unpaired) electrons. The molecule has 15 heavy (non-hydrogen) atoms. The first kappa shape index (κ1) is 13.3. The van der Waals surface area contributed by atoms with Crippen LogP contribution in [0, 0.1) is 11.3 Å². The molecule has 0 heterocycles. The first-order valence-corrected chi connectivity index (χ1v) is 4.53. The Morgan fingerprint density at radius 1 is 1.60 bits per heavy atom. The van der Waals surface area contributed by atoms with Crippen LogP contribution in [-0.4, -0.2) is 24.5 Å². The number of urea groups is 1. The number of alkyl halides is 1. The third-order valence-corrected chi connectivity index (χ3v) is 1.57. The maximum absolute atomic E-state index is 11.2. The van der Waals surface area contributed by atoms with E-state index in [4.69, 9.17) is 22.6 Å². The molecule has 6 nitrogen and oxygen atoms in total. The van der Waals surface area contributed by atoms with Gasteiger partial charge in [0.05, 0.1) is 18.2 Å². The van der Waals surface area contributed by atoms with Crippen LogP contribution in [0.4, 0.5) is 4.79 Å². The first-order valence-electron chi connectivity index (χ1n) is 3.99. The molecule has 0 atom stereocenters. The number of esters is 1. The molecule has 0 spiro atoms. The predicted molar refractivity (Wildman–Crippen MR) is 52.7 cm³/mol. The van der Waals surface area contributed by atoms with Gasteiger partial charge in [0.15, 0.2) is 5.57 Å². The van der Waals surface area contributed by atoms with Gasteiger partial charge in [-0.25, -0.2) is 9.59 Å². The van der Waals surface area contributed by atoms with Crippen molar-refractivity contribution in [3.63, 3.8) is 0 Å². The van der Waals surface area contributed by atoms with Gasteiger partial charge in [0.2, 0.25) is 0 Å². The van der Waals surface area contributed by atoms with E-state index in [1.807, 2.05) is 0 Å². The number of halogens is 1. The third kappa shape index (κ3) is 4.33. The highest BCUT2D eigenvalue weighted by molar-refractivity contribution is 6.20. The minimum Gasteiger partial charge on any atom is -0.462 e. The highest BCUT2D eigenvalue weighted by atomic mass is 35.5. The Hall–Kier alpha value is -1.74. The number of nitrogens with two attached hydrogens (primary N) is 1. The number of nitrogens with zero attached hydrogens (tertiary/aromatic N) is 1. The van der Waals surface area contributed by atoms with Gasteiger partial charge in [-0.1, -0.05) is 0 Å². The molecule has 7 heteroatoms. The Morgan fingerprint density at radius 3 is 2.53 bits per heavy atom. The van der Waals surface area contributed by atoms with Crippen molar-refractivity contribution in [3.8, 4) is 6.07 Å². The number of hydrogen-bond acceptors (Lipinski definition) is 4. The standard InChI is InChI=1S/C8H10ClN3O3/c1-2-15-7(13)5(4-10)6(3-9)12-8(11)14/h2-3H2,1H3,(H3,11,12,14). The van der Waals surface area contributed by atoms with E-state index in [1.165, 1.54) is 0 Å². The summed E-state index contributed by atoms with van der Waals surface area (Å²) in [6.45, 7) is 1.71. The fourth-order valence-corrected chi connectivity index (χ4v) is 0.951. The highest BCUT2D eigenvalue weighted by Gasteiger charge is 2.16. The van der Waals surface area contributed by atoms with Crippen LogP contribution in [0.1, 0.15) is 6.92 Å². The number of primary amides is 1. The molecule has 0 aromatic carbocycles. The Bertz CT molecular complexity index is 333. The maximum atomic E-state index is 11.2. The highest BCUT2D eigenvalue weighted by Crippen LogP contribution is 2.05. The van der Waals surface area contributed by atoms with E-state index in [-0.39, 0.29) is 23.8 Å². The molecule has 0 bridgehead atoms. The van der Waals surface area contributed by atoms with Crippen LogP contribution in [0.25, 0.3) is 0 Å². The second-order valence-corrected chi connectivity index (χ2v) is 2.58. The lowest BCUT2D eigenvalue weighted by molar-refractivity contribution is -0.138. The van der Waals surface area contributed by atoms with Crippen molar-refractivity contribution in [2.75, 3.05) is 12.5 Å². The van der Waals surface area contributed by atoms with Crippen LogP contribution in [0.5, 0.6) is 0 Å². The molecule has 0 aliphatic heterocycles. The van der Waals surface area contributed by atoms with Gasteiger partial charge >= 0.3 is 12.0 Å². The molecule has 0 aliphatic rings. The number of nitrogens with one attached hydrogen (secondary N) is 1. The summed E-state index contributed by atoms with van der Waals surface area (Å²) in [6, 6.07) is 0.693. The van der Waals surface area contributed by atoms with Crippen molar-refractivity contribution in [3.05, 3.63) is 11.3 Å². The van der Waals surface area contributed by atoms with E-state index < -0.39 is 12.0 Å². The lowest BCUT2D eigenvalue weighted by Gasteiger charge is -2.06. The van der Waals surface area contributed by atoms with Crippen LogP contribution in [0.15, 0.2) is 11.3 Å². The van der Waals surface area contributed by atoms with Gasteiger partial charge in [-0.15, -0.1) is 11.6 Å². The van der Waals surface area contributed by atoms with Crippen LogP contribution in [0.2, 0.25) is 0 Å². The lowest BCUT2D eigenvalue weighted by atomic mass is 10.2. The van der Waals surface area contributed by atoms with Crippen LogP contribution in [-0.2, 0) is 9.53 Å². The lowest BCUT2D eigenvalue weighted by Crippen LogP contribution is -2.31. The molecular formula is C8H10ClN3O3. The summed E-state index contributed by atoms with van der Waals surface area (Å²) in [5, 5.41) is 10.8. The molecule has 0 rings (SSSR count). The number of nitriles is 1. The minimum absolute atomic E-state index is 0.0647. The topological polar surface area (TPSA) is 105 Å². The average molecular weight is 232 g/mol. The summed E-state index contributed by atoms with van der Waals surface area (Å²) in [6.07, 6.45) is 0. The van der Waals surface area contributed by atoms with Crippen molar-refractivity contribution < 1.29 is 14.3 Å². The summed E-state index contributed by atoms with van der Waals surface area (Å²) in [5.74, 6) is -1.06. The van der Waals surface area contributed by atoms with Gasteiger partial charge in [0, 0.05) is 0 Å². The number of rotatable bonds is 4. The Labute approximate surface area is 91.6 Å². The van der Waals surface area contributed by atoms with E-state index in [9.17, 15) is 9.59 Å². The summed E-state index contributed by atoms with van der Waals surface area (Å²) in [4.78, 5) is 21.7. The summed E-state index contributed by atoms with van der Waals surface area (Å²) >= 11 is 5.44. The van der Waals surface area contributed by atoms with Gasteiger partial charge < -0.3 is 15.8 Å². The Balaban J connectivity index is 4.99. The fourth-order valence-electron chi connectivity index (χ4n) is 0.751. The van der Waals surface area contributed by atoms with Gasteiger partial charge in [0.1, 0.15) is 6.07 Å². The Morgan fingerprint density at radius 2 is 2.20 bits per heavy atom. The maximum Gasteiger partial charge on any atom is 0.350 e. The molecule has 0 saturated heterocycles. The monoisotopic (exact) mass is 231 g/mol. The largest absolute Gasteiger partial charge is 0.462 e. The van der Waals surface area contributed by atoms with Gasteiger partial charge in [-0.05, 0) is 6.92 Å². The second-order valence-electron chi connectivity index (χ2n) is 2.31. The molecule has 0 unspecified atom stereocenters. The zero-order chi connectivity index (χ0) is 11.8. The predicted octanol–water partition coefficient (Wildman–Crippen LogP) is 0.234. The number of carbonyl (C=O) groups excluding carboxylic acids is 2. The zero-order valence-electron chi connectivity index (χ0n) is 8.04. The van der Waals surface area contributed by atoms with Gasteiger partial charge in [0.25, 0.3) is 0 Å². The molecule has 3 N–H and O–H groups in total. The van der Waals surface area contributed by atoms with Gasteiger partial charge in [-0.2, -0.15) is 5.26 Å². The van der Waals surface area contributed by atoms with E-state index >= 15 is 0 Å². The molecule has 0 aromatic heterocycles. The second kappa shape index (κ2) is 6.68. The normalized spacial score (nSPS) is 11.0. The first-order chi connectivity index (χ1) is 7.06. The molecule has 0 aliphatic carbocycles. The fraction of sp³-hybridized carbons (Fsp3) is 0.375. The van der Waals surface area contributed by atoms with Crippen molar-refractivity contribution in [2.45, 2.75) is 6.92 Å². The third-order valence-electron chi connectivity index (χ3n) is 1.30. The van der Waals surface area contributed by atoms with Crippen LogP contribution in [0.3, 0.4) is 0 Å². The van der Waals surface area contributed by atoms with Gasteiger partial charge in [-0.3, -0.25) is 0 Å². The summed E-state index contributed by atoms with van der Waals surface area (Å²) in [7, 11) is 0. The SMILES string of the molecule is CCOC(=O)C(C#N)=C(CCl)NC(N)=O. The number of allylic oxidation sites excluding steroid dienone is 1. The van der Waals surface area contributed by atoms with Crippen molar-refractivity contribution >= 4 is 23.6 Å². The average Bonchev–Trinajstić information content (AvgIpc) is 2.17. The number of carbonyl (C=O) groups is 2. The summed E-state index contributed by atoms with van der Waals surface area (Å²) < 4.78 is 4.59.